The standard InChI is InChI=1S/C15H19NO4S/c1-2-15(14(17)18)10-6-11-16(15)21(19,20)12-9-13-7-4-3-5-8-13/h3-5,7-9,12H,2,6,10-11H2,1H3,(H,17,18)/b12-9+. The van der Waals surface area contributed by atoms with Crippen molar-refractivity contribution in [2.45, 2.75) is 31.7 Å². The van der Waals surface area contributed by atoms with Crippen LogP contribution in [0.15, 0.2) is 35.7 Å². The maximum atomic E-state index is 12.5. The summed E-state index contributed by atoms with van der Waals surface area (Å²) in [7, 11) is -3.75. The molecular weight excluding hydrogens is 290 g/mol. The maximum absolute atomic E-state index is 12.5. The van der Waals surface area contributed by atoms with Gasteiger partial charge in [-0.15, -0.1) is 0 Å². The Hall–Kier alpha value is -1.66. The number of carbonyl (C=O) groups is 1. The number of carboxylic acid groups (broad SMARTS) is 1. The molecule has 0 bridgehead atoms. The molecule has 1 atom stereocenters. The Morgan fingerprint density at radius 3 is 2.62 bits per heavy atom. The van der Waals surface area contributed by atoms with E-state index in [4.69, 9.17) is 0 Å². The molecular formula is C15H19NO4S. The molecule has 0 amide bonds. The summed E-state index contributed by atoms with van der Waals surface area (Å²) in [4.78, 5) is 11.6. The first-order valence-corrected chi connectivity index (χ1v) is 8.42. The number of sulfonamides is 1. The van der Waals surface area contributed by atoms with Crippen LogP contribution in [-0.4, -0.2) is 35.9 Å². The van der Waals surface area contributed by atoms with Gasteiger partial charge in [-0.3, -0.25) is 4.79 Å². The summed E-state index contributed by atoms with van der Waals surface area (Å²) in [6, 6.07) is 9.06. The molecule has 5 nitrogen and oxygen atoms in total. The fourth-order valence-corrected chi connectivity index (χ4v) is 4.39. The van der Waals surface area contributed by atoms with E-state index in [1.807, 2.05) is 18.2 Å². The van der Waals surface area contributed by atoms with Crippen molar-refractivity contribution in [2.24, 2.45) is 0 Å². The van der Waals surface area contributed by atoms with Gasteiger partial charge in [0.2, 0.25) is 10.0 Å². The van der Waals surface area contributed by atoms with Crippen molar-refractivity contribution in [1.82, 2.24) is 4.31 Å². The molecule has 0 radical (unpaired) electrons. The average molecular weight is 309 g/mol. The molecule has 6 heteroatoms. The van der Waals surface area contributed by atoms with Crippen molar-refractivity contribution >= 4 is 22.1 Å². The van der Waals surface area contributed by atoms with Gasteiger partial charge in [-0.05, 0) is 30.9 Å². The van der Waals surface area contributed by atoms with Gasteiger partial charge in [0.1, 0.15) is 5.54 Å². The van der Waals surface area contributed by atoms with Crippen LogP contribution < -0.4 is 0 Å². The molecule has 1 aromatic rings. The van der Waals surface area contributed by atoms with Crippen molar-refractivity contribution < 1.29 is 18.3 Å². The van der Waals surface area contributed by atoms with Gasteiger partial charge in [0.05, 0.1) is 0 Å². The zero-order valence-corrected chi connectivity index (χ0v) is 12.7. The molecule has 1 aliphatic heterocycles. The highest BCUT2D eigenvalue weighted by atomic mass is 32.2. The predicted molar refractivity (Wildman–Crippen MR) is 81.0 cm³/mol. The lowest BCUT2D eigenvalue weighted by Gasteiger charge is -2.31. The van der Waals surface area contributed by atoms with Crippen LogP contribution in [0.3, 0.4) is 0 Å². The fraction of sp³-hybridized carbons (Fsp3) is 0.400. The third-order valence-corrected chi connectivity index (χ3v) is 5.58. The number of hydrogen-bond acceptors (Lipinski definition) is 3. The number of aliphatic carboxylic acids is 1. The molecule has 1 saturated heterocycles. The summed E-state index contributed by atoms with van der Waals surface area (Å²) in [6.07, 6.45) is 2.69. The summed E-state index contributed by atoms with van der Waals surface area (Å²) in [5.41, 5.74) is -0.544. The van der Waals surface area contributed by atoms with E-state index in [1.54, 1.807) is 19.1 Å². The minimum Gasteiger partial charge on any atom is -0.480 e. The fourth-order valence-electron chi connectivity index (χ4n) is 2.74. The molecule has 21 heavy (non-hydrogen) atoms. The smallest absolute Gasteiger partial charge is 0.325 e. The second-order valence-electron chi connectivity index (χ2n) is 5.12. The highest BCUT2D eigenvalue weighted by molar-refractivity contribution is 7.92. The van der Waals surface area contributed by atoms with Crippen LogP contribution >= 0.6 is 0 Å². The van der Waals surface area contributed by atoms with Crippen LogP contribution in [0, 0.1) is 0 Å². The van der Waals surface area contributed by atoms with Crippen LogP contribution in [0.4, 0.5) is 0 Å². The van der Waals surface area contributed by atoms with Gasteiger partial charge in [0.25, 0.3) is 0 Å². The second kappa shape index (κ2) is 5.99. The number of carboxylic acids is 1. The molecule has 1 N–H and O–H groups in total. The zero-order chi connectivity index (χ0) is 15.5. The zero-order valence-electron chi connectivity index (χ0n) is 11.9. The van der Waals surface area contributed by atoms with Crippen molar-refractivity contribution in [2.75, 3.05) is 6.54 Å². The lowest BCUT2D eigenvalue weighted by Crippen LogP contribution is -2.51. The Kier molecular flexibility index (Phi) is 4.49. The molecule has 2 rings (SSSR count). The Labute approximate surface area is 124 Å². The van der Waals surface area contributed by atoms with Crippen LogP contribution in [0.1, 0.15) is 31.7 Å². The monoisotopic (exact) mass is 309 g/mol. The van der Waals surface area contributed by atoms with Gasteiger partial charge >= 0.3 is 5.97 Å². The summed E-state index contributed by atoms with van der Waals surface area (Å²) in [5, 5.41) is 10.6. The van der Waals surface area contributed by atoms with Crippen LogP contribution in [0.25, 0.3) is 6.08 Å². The van der Waals surface area contributed by atoms with Gasteiger partial charge in [-0.2, -0.15) is 4.31 Å². The van der Waals surface area contributed by atoms with E-state index < -0.39 is 21.5 Å². The maximum Gasteiger partial charge on any atom is 0.325 e. The van der Waals surface area contributed by atoms with E-state index in [2.05, 4.69) is 0 Å². The molecule has 0 aromatic heterocycles. The number of hydrogen-bond donors (Lipinski definition) is 1. The van der Waals surface area contributed by atoms with E-state index in [9.17, 15) is 18.3 Å². The molecule has 1 fully saturated rings. The minimum atomic E-state index is -3.75. The topological polar surface area (TPSA) is 74.7 Å². The highest BCUT2D eigenvalue weighted by Crippen LogP contribution is 2.35. The van der Waals surface area contributed by atoms with Crippen LogP contribution in [0.2, 0.25) is 0 Å². The van der Waals surface area contributed by atoms with E-state index >= 15 is 0 Å². The Morgan fingerprint density at radius 2 is 2.05 bits per heavy atom. The summed E-state index contributed by atoms with van der Waals surface area (Å²) < 4.78 is 26.0. The van der Waals surface area contributed by atoms with E-state index in [0.717, 1.165) is 15.3 Å². The van der Waals surface area contributed by atoms with Crippen molar-refractivity contribution in [3.8, 4) is 0 Å². The lowest BCUT2D eigenvalue weighted by atomic mass is 9.95. The molecule has 1 aromatic carbocycles. The summed E-state index contributed by atoms with van der Waals surface area (Å²) in [6.45, 7) is 1.96. The predicted octanol–water partition coefficient (Wildman–Crippen LogP) is 2.32. The quantitative estimate of drug-likeness (QED) is 0.905. The van der Waals surface area contributed by atoms with E-state index in [-0.39, 0.29) is 13.0 Å². The number of benzene rings is 1. The van der Waals surface area contributed by atoms with Crippen molar-refractivity contribution in [3.05, 3.63) is 41.3 Å². The molecule has 114 valence electrons. The van der Waals surface area contributed by atoms with E-state index in [0.29, 0.717) is 12.8 Å². The Morgan fingerprint density at radius 1 is 1.38 bits per heavy atom. The average Bonchev–Trinajstić information content (AvgIpc) is 2.92. The summed E-state index contributed by atoms with van der Waals surface area (Å²) >= 11 is 0. The van der Waals surface area contributed by atoms with Gasteiger partial charge in [-0.25, -0.2) is 8.42 Å². The largest absolute Gasteiger partial charge is 0.480 e. The molecule has 0 saturated carbocycles. The first-order valence-electron chi connectivity index (χ1n) is 6.92. The second-order valence-corrected chi connectivity index (χ2v) is 6.87. The van der Waals surface area contributed by atoms with Crippen LogP contribution in [-0.2, 0) is 14.8 Å². The lowest BCUT2D eigenvalue weighted by molar-refractivity contribution is -0.147. The van der Waals surface area contributed by atoms with Crippen molar-refractivity contribution in [1.29, 1.82) is 0 Å². The Balaban J connectivity index is 2.31. The minimum absolute atomic E-state index is 0.252. The van der Waals surface area contributed by atoms with Gasteiger partial charge in [0, 0.05) is 12.0 Å². The third kappa shape index (κ3) is 3.01. The Bertz CT molecular complexity index is 639. The third-order valence-electron chi connectivity index (χ3n) is 3.95. The SMILES string of the molecule is CCC1(C(=O)O)CCCN1S(=O)(=O)/C=C/c1ccccc1. The van der Waals surface area contributed by atoms with Gasteiger partial charge in [0.15, 0.2) is 0 Å². The molecule has 1 unspecified atom stereocenters. The highest BCUT2D eigenvalue weighted by Gasteiger charge is 2.50. The number of nitrogens with zero attached hydrogens (tertiary/aromatic N) is 1. The molecule has 0 spiro atoms. The molecule has 1 heterocycles. The normalized spacial score (nSPS) is 23.7. The van der Waals surface area contributed by atoms with E-state index in [1.165, 1.54) is 6.08 Å². The number of rotatable bonds is 5. The van der Waals surface area contributed by atoms with Crippen molar-refractivity contribution in [3.63, 3.8) is 0 Å². The van der Waals surface area contributed by atoms with Gasteiger partial charge in [-0.1, -0.05) is 37.3 Å². The van der Waals surface area contributed by atoms with Crippen LogP contribution in [0.5, 0.6) is 0 Å². The summed E-state index contributed by atoms with van der Waals surface area (Å²) in [5.74, 6) is -1.07. The molecule has 0 aliphatic carbocycles. The first kappa shape index (κ1) is 15.7. The van der Waals surface area contributed by atoms with Gasteiger partial charge < -0.3 is 5.11 Å². The molecule has 1 aliphatic rings. The first-order chi connectivity index (χ1) is 9.92.